The zero-order valence-electron chi connectivity index (χ0n) is 12.2. The van der Waals surface area contributed by atoms with Crippen molar-refractivity contribution in [3.05, 3.63) is 35.1 Å². The first-order chi connectivity index (χ1) is 9.10. The van der Waals surface area contributed by atoms with Crippen molar-refractivity contribution in [2.24, 2.45) is 5.92 Å². The van der Waals surface area contributed by atoms with E-state index in [0.29, 0.717) is 6.04 Å². The largest absolute Gasteiger partial charge is 0.316 e. The monoisotopic (exact) mass is 264 g/mol. The summed E-state index contributed by atoms with van der Waals surface area (Å²) in [7, 11) is 1.91. The minimum Gasteiger partial charge on any atom is -0.316 e. The molecule has 1 aliphatic heterocycles. The molecule has 0 amide bonds. The lowest BCUT2D eigenvalue weighted by atomic mass is 9.93. The molecule has 0 saturated carbocycles. The Labute approximate surface area is 116 Å². The van der Waals surface area contributed by atoms with Gasteiger partial charge in [0.2, 0.25) is 0 Å². The van der Waals surface area contributed by atoms with Crippen LogP contribution >= 0.6 is 0 Å². The molecule has 2 atom stereocenters. The second-order valence-corrected chi connectivity index (χ2v) is 5.91. The van der Waals surface area contributed by atoms with Crippen LogP contribution in [0.5, 0.6) is 0 Å². The molecule has 2 nitrogen and oxygen atoms in total. The first-order valence-corrected chi connectivity index (χ1v) is 7.26. The smallest absolute Gasteiger partial charge is 0.127 e. The molecule has 19 heavy (non-hydrogen) atoms. The summed E-state index contributed by atoms with van der Waals surface area (Å²) in [5.41, 5.74) is 1.98. The van der Waals surface area contributed by atoms with Gasteiger partial charge in [-0.3, -0.25) is 4.90 Å². The predicted molar refractivity (Wildman–Crippen MR) is 77.4 cm³/mol. The molecule has 0 radical (unpaired) electrons. The highest BCUT2D eigenvalue weighted by atomic mass is 19.1. The first-order valence-electron chi connectivity index (χ1n) is 7.26. The average Bonchev–Trinajstić information content (AvgIpc) is 2.37. The van der Waals surface area contributed by atoms with Crippen molar-refractivity contribution in [3.63, 3.8) is 0 Å². The van der Waals surface area contributed by atoms with Crippen LogP contribution in [0.25, 0.3) is 0 Å². The van der Waals surface area contributed by atoms with Crippen molar-refractivity contribution >= 4 is 0 Å². The summed E-state index contributed by atoms with van der Waals surface area (Å²) in [6.45, 7) is 7.17. The molecule has 1 aliphatic rings. The lowest BCUT2D eigenvalue weighted by Gasteiger charge is -2.36. The number of rotatable bonds is 4. The highest BCUT2D eigenvalue weighted by Crippen LogP contribution is 2.24. The van der Waals surface area contributed by atoms with Crippen LogP contribution in [-0.4, -0.2) is 24.5 Å². The Morgan fingerprint density at radius 1 is 1.37 bits per heavy atom. The van der Waals surface area contributed by atoms with E-state index in [9.17, 15) is 4.39 Å². The molecule has 0 aliphatic carbocycles. The molecule has 2 unspecified atom stereocenters. The van der Waals surface area contributed by atoms with Crippen LogP contribution in [0.3, 0.4) is 0 Å². The molecule has 1 heterocycles. The molecule has 1 aromatic rings. The number of hydrogen-bond acceptors (Lipinski definition) is 2. The lowest BCUT2D eigenvalue weighted by molar-refractivity contribution is 0.121. The highest BCUT2D eigenvalue weighted by Gasteiger charge is 2.23. The fourth-order valence-corrected chi connectivity index (χ4v) is 2.97. The van der Waals surface area contributed by atoms with Crippen LogP contribution in [0.2, 0.25) is 0 Å². The van der Waals surface area contributed by atoms with Gasteiger partial charge in [-0.1, -0.05) is 19.1 Å². The minimum atomic E-state index is -0.0781. The van der Waals surface area contributed by atoms with E-state index in [0.717, 1.165) is 36.7 Å². The van der Waals surface area contributed by atoms with E-state index in [-0.39, 0.29) is 5.82 Å². The molecule has 1 N–H and O–H groups in total. The van der Waals surface area contributed by atoms with Gasteiger partial charge in [0.25, 0.3) is 0 Å². The summed E-state index contributed by atoms with van der Waals surface area (Å²) >= 11 is 0. The molecule has 0 aromatic heterocycles. The number of piperidine rings is 1. The van der Waals surface area contributed by atoms with Crippen LogP contribution in [0.15, 0.2) is 18.2 Å². The number of nitrogens with zero attached hydrogens (tertiary/aromatic N) is 1. The fourth-order valence-electron chi connectivity index (χ4n) is 2.97. The third-order valence-electron chi connectivity index (χ3n) is 4.14. The van der Waals surface area contributed by atoms with E-state index in [1.54, 1.807) is 6.07 Å². The van der Waals surface area contributed by atoms with Crippen molar-refractivity contribution in [1.82, 2.24) is 10.2 Å². The Balaban J connectivity index is 2.07. The van der Waals surface area contributed by atoms with Crippen molar-refractivity contribution in [2.45, 2.75) is 45.8 Å². The summed E-state index contributed by atoms with van der Waals surface area (Å²) < 4.78 is 13.9. The Morgan fingerprint density at radius 2 is 2.16 bits per heavy atom. The number of halogens is 1. The quantitative estimate of drug-likeness (QED) is 0.898. The van der Waals surface area contributed by atoms with Crippen molar-refractivity contribution in [3.8, 4) is 0 Å². The maximum absolute atomic E-state index is 13.9. The van der Waals surface area contributed by atoms with Gasteiger partial charge in [0.05, 0.1) is 0 Å². The topological polar surface area (TPSA) is 15.3 Å². The maximum atomic E-state index is 13.9. The van der Waals surface area contributed by atoms with Crippen LogP contribution in [0, 0.1) is 11.7 Å². The highest BCUT2D eigenvalue weighted by molar-refractivity contribution is 5.25. The van der Waals surface area contributed by atoms with Crippen LogP contribution in [0.1, 0.15) is 37.8 Å². The molecule has 0 spiro atoms. The third-order valence-corrected chi connectivity index (χ3v) is 4.14. The Kier molecular flexibility index (Phi) is 4.94. The molecular formula is C16H25FN2. The van der Waals surface area contributed by atoms with Gasteiger partial charge in [-0.15, -0.1) is 0 Å². The summed E-state index contributed by atoms with van der Waals surface area (Å²) in [6, 6.07) is 6.00. The fraction of sp³-hybridized carbons (Fsp3) is 0.625. The van der Waals surface area contributed by atoms with Crippen LogP contribution in [-0.2, 0) is 13.1 Å². The lowest BCUT2D eigenvalue weighted by Crippen LogP contribution is -2.39. The summed E-state index contributed by atoms with van der Waals surface area (Å²) in [6.07, 6.45) is 2.44. The van der Waals surface area contributed by atoms with Crippen molar-refractivity contribution in [2.75, 3.05) is 13.6 Å². The molecule has 1 fully saturated rings. The second-order valence-electron chi connectivity index (χ2n) is 5.91. The van der Waals surface area contributed by atoms with Crippen molar-refractivity contribution < 1.29 is 4.39 Å². The van der Waals surface area contributed by atoms with E-state index >= 15 is 0 Å². The Bertz CT molecular complexity index is 419. The number of benzene rings is 1. The van der Waals surface area contributed by atoms with E-state index in [2.05, 4.69) is 24.1 Å². The van der Waals surface area contributed by atoms with Crippen molar-refractivity contribution in [1.29, 1.82) is 0 Å². The number of nitrogens with one attached hydrogen (secondary N) is 1. The summed E-state index contributed by atoms with van der Waals surface area (Å²) in [5.74, 6) is 0.720. The predicted octanol–water partition coefficient (Wildman–Crippen LogP) is 3.17. The van der Waals surface area contributed by atoms with E-state index in [4.69, 9.17) is 0 Å². The molecule has 1 saturated heterocycles. The number of likely N-dealkylation sites (tertiary alicyclic amines) is 1. The maximum Gasteiger partial charge on any atom is 0.127 e. The van der Waals surface area contributed by atoms with Gasteiger partial charge >= 0.3 is 0 Å². The van der Waals surface area contributed by atoms with Crippen LogP contribution in [0.4, 0.5) is 4.39 Å². The van der Waals surface area contributed by atoms with Gasteiger partial charge in [0.1, 0.15) is 5.82 Å². The summed E-state index contributed by atoms with van der Waals surface area (Å²) in [4.78, 5) is 2.40. The van der Waals surface area contributed by atoms with E-state index in [1.165, 1.54) is 12.8 Å². The summed E-state index contributed by atoms with van der Waals surface area (Å²) in [5, 5.41) is 3.11. The molecule has 2 rings (SSSR count). The van der Waals surface area contributed by atoms with Gasteiger partial charge in [-0.25, -0.2) is 4.39 Å². The van der Waals surface area contributed by atoms with Gasteiger partial charge < -0.3 is 5.32 Å². The molecular weight excluding hydrogens is 239 g/mol. The SMILES string of the molecule is CNCc1ccc(F)c(CN2CCC(C)CC2C)c1. The Hall–Kier alpha value is -0.930. The number of hydrogen-bond donors (Lipinski definition) is 1. The molecule has 0 bridgehead atoms. The van der Waals surface area contributed by atoms with Gasteiger partial charge in [0, 0.05) is 24.7 Å². The molecule has 1 aromatic carbocycles. The minimum absolute atomic E-state index is 0.0781. The molecule has 106 valence electrons. The van der Waals surface area contributed by atoms with Gasteiger partial charge in [-0.05, 0) is 50.9 Å². The van der Waals surface area contributed by atoms with Crippen LogP contribution < -0.4 is 5.32 Å². The normalized spacial score (nSPS) is 24.6. The zero-order chi connectivity index (χ0) is 13.8. The Morgan fingerprint density at radius 3 is 2.84 bits per heavy atom. The average molecular weight is 264 g/mol. The van der Waals surface area contributed by atoms with Gasteiger partial charge in [0.15, 0.2) is 0 Å². The zero-order valence-corrected chi connectivity index (χ0v) is 12.2. The first kappa shape index (κ1) is 14.5. The molecule has 3 heteroatoms. The van der Waals surface area contributed by atoms with Gasteiger partial charge in [-0.2, -0.15) is 0 Å². The second kappa shape index (κ2) is 6.49. The van der Waals surface area contributed by atoms with E-state index < -0.39 is 0 Å². The standard InChI is InChI=1S/C16H25FN2/c1-12-6-7-19(13(2)8-12)11-15-9-14(10-18-3)4-5-16(15)17/h4-5,9,12-13,18H,6-8,10-11H2,1-3H3. The third kappa shape index (κ3) is 3.77. The van der Waals surface area contributed by atoms with E-state index in [1.807, 2.05) is 19.2 Å².